The molecule has 0 saturated carbocycles. The summed E-state index contributed by atoms with van der Waals surface area (Å²) < 4.78 is 0. The fraction of sp³-hybridized carbons (Fsp3) is 0.636. The molecule has 0 radical (unpaired) electrons. The van der Waals surface area contributed by atoms with Crippen LogP contribution in [0.4, 0.5) is 11.8 Å². The highest BCUT2D eigenvalue weighted by atomic mass is 15.2. The van der Waals surface area contributed by atoms with Gasteiger partial charge in [-0.25, -0.2) is 4.98 Å². The second kappa shape index (κ2) is 5.65. The maximum atomic E-state index is 5.43. The SMILES string of the molecule is NCCNc1nccc(N2CCCCC2)n1. The highest BCUT2D eigenvalue weighted by Crippen LogP contribution is 2.17. The van der Waals surface area contributed by atoms with Gasteiger partial charge in [-0.1, -0.05) is 0 Å². The molecule has 0 bridgehead atoms. The van der Waals surface area contributed by atoms with Gasteiger partial charge in [0.05, 0.1) is 0 Å². The van der Waals surface area contributed by atoms with Crippen LogP contribution in [0.15, 0.2) is 12.3 Å². The summed E-state index contributed by atoms with van der Waals surface area (Å²) in [5.74, 6) is 1.70. The van der Waals surface area contributed by atoms with Gasteiger partial charge in [0.15, 0.2) is 0 Å². The average molecular weight is 221 g/mol. The van der Waals surface area contributed by atoms with Gasteiger partial charge in [0.25, 0.3) is 0 Å². The standard InChI is InChI=1S/C11H19N5/c12-5-7-14-11-13-6-4-10(15-11)16-8-2-1-3-9-16/h4,6H,1-3,5,7-9,12H2,(H,13,14,15). The van der Waals surface area contributed by atoms with Crippen LogP contribution in [0.25, 0.3) is 0 Å². The fourth-order valence-corrected chi connectivity index (χ4v) is 1.92. The largest absolute Gasteiger partial charge is 0.356 e. The van der Waals surface area contributed by atoms with Crippen molar-refractivity contribution in [2.75, 3.05) is 36.4 Å². The van der Waals surface area contributed by atoms with Crippen molar-refractivity contribution < 1.29 is 0 Å². The van der Waals surface area contributed by atoms with Crippen molar-refractivity contribution in [2.45, 2.75) is 19.3 Å². The van der Waals surface area contributed by atoms with Crippen LogP contribution < -0.4 is 16.0 Å². The maximum absolute atomic E-state index is 5.43. The third-order valence-corrected chi connectivity index (χ3v) is 2.75. The van der Waals surface area contributed by atoms with Gasteiger partial charge >= 0.3 is 0 Å². The van der Waals surface area contributed by atoms with Crippen molar-refractivity contribution in [3.8, 4) is 0 Å². The van der Waals surface area contributed by atoms with Crippen LogP contribution in [0, 0.1) is 0 Å². The van der Waals surface area contributed by atoms with E-state index in [0.29, 0.717) is 19.0 Å². The molecule has 3 N–H and O–H groups in total. The van der Waals surface area contributed by atoms with Crippen molar-refractivity contribution in [3.63, 3.8) is 0 Å². The fourth-order valence-electron chi connectivity index (χ4n) is 1.92. The molecule has 1 aliphatic rings. The Kier molecular flexibility index (Phi) is 3.93. The van der Waals surface area contributed by atoms with Gasteiger partial charge in [0.1, 0.15) is 5.82 Å². The van der Waals surface area contributed by atoms with Gasteiger partial charge in [-0.3, -0.25) is 0 Å². The Morgan fingerprint density at radius 2 is 2.12 bits per heavy atom. The second-order valence-corrected chi connectivity index (χ2v) is 4.00. The highest BCUT2D eigenvalue weighted by Gasteiger charge is 2.12. The quantitative estimate of drug-likeness (QED) is 0.788. The van der Waals surface area contributed by atoms with E-state index >= 15 is 0 Å². The molecule has 16 heavy (non-hydrogen) atoms. The lowest BCUT2D eigenvalue weighted by Gasteiger charge is -2.27. The van der Waals surface area contributed by atoms with Crippen LogP contribution in [0.2, 0.25) is 0 Å². The van der Waals surface area contributed by atoms with E-state index in [2.05, 4.69) is 20.2 Å². The third-order valence-electron chi connectivity index (χ3n) is 2.75. The maximum Gasteiger partial charge on any atom is 0.224 e. The molecule has 0 aliphatic carbocycles. The lowest BCUT2D eigenvalue weighted by atomic mass is 10.1. The highest BCUT2D eigenvalue weighted by molar-refractivity contribution is 5.42. The predicted molar refractivity (Wildman–Crippen MR) is 65.6 cm³/mol. The van der Waals surface area contributed by atoms with Gasteiger partial charge in [0.2, 0.25) is 5.95 Å². The molecule has 5 heteroatoms. The molecule has 0 atom stereocenters. The second-order valence-electron chi connectivity index (χ2n) is 4.00. The molecule has 1 aliphatic heterocycles. The number of piperidine rings is 1. The summed E-state index contributed by atoms with van der Waals surface area (Å²) in [5, 5.41) is 3.10. The summed E-state index contributed by atoms with van der Waals surface area (Å²) in [5.41, 5.74) is 5.43. The molecule has 1 aromatic heterocycles. The molecule has 88 valence electrons. The zero-order valence-corrected chi connectivity index (χ0v) is 9.52. The number of hydrogen-bond acceptors (Lipinski definition) is 5. The van der Waals surface area contributed by atoms with Crippen molar-refractivity contribution in [1.82, 2.24) is 9.97 Å². The van der Waals surface area contributed by atoms with E-state index in [-0.39, 0.29) is 0 Å². The minimum absolute atomic E-state index is 0.595. The van der Waals surface area contributed by atoms with Crippen molar-refractivity contribution in [2.24, 2.45) is 5.73 Å². The summed E-state index contributed by atoms with van der Waals surface area (Å²) in [6, 6.07) is 1.97. The molecule has 2 heterocycles. The minimum Gasteiger partial charge on any atom is -0.356 e. The Labute approximate surface area is 96.1 Å². The van der Waals surface area contributed by atoms with Crippen molar-refractivity contribution in [3.05, 3.63) is 12.3 Å². The molecule has 0 unspecified atom stereocenters. The van der Waals surface area contributed by atoms with E-state index in [9.17, 15) is 0 Å². The van der Waals surface area contributed by atoms with Crippen LogP contribution >= 0.6 is 0 Å². The zero-order chi connectivity index (χ0) is 11.2. The average Bonchev–Trinajstić information content (AvgIpc) is 2.38. The third kappa shape index (κ3) is 2.82. The van der Waals surface area contributed by atoms with E-state index in [1.54, 1.807) is 6.20 Å². The van der Waals surface area contributed by atoms with Crippen LogP contribution in [0.1, 0.15) is 19.3 Å². The van der Waals surface area contributed by atoms with Gasteiger partial charge < -0.3 is 16.0 Å². The number of hydrogen-bond donors (Lipinski definition) is 2. The van der Waals surface area contributed by atoms with Gasteiger partial charge in [-0.05, 0) is 25.3 Å². The van der Waals surface area contributed by atoms with E-state index in [0.717, 1.165) is 18.9 Å². The van der Waals surface area contributed by atoms with Gasteiger partial charge in [-0.15, -0.1) is 0 Å². The van der Waals surface area contributed by atoms with Crippen LogP contribution in [-0.4, -0.2) is 36.1 Å². The molecule has 1 fully saturated rings. The number of nitrogens with one attached hydrogen (secondary N) is 1. The number of rotatable bonds is 4. The van der Waals surface area contributed by atoms with E-state index in [1.165, 1.54) is 19.3 Å². The normalized spacial score (nSPS) is 16.2. The molecular weight excluding hydrogens is 202 g/mol. The summed E-state index contributed by atoms with van der Waals surface area (Å²) in [7, 11) is 0. The van der Waals surface area contributed by atoms with Gasteiger partial charge in [-0.2, -0.15) is 4.98 Å². The van der Waals surface area contributed by atoms with Crippen LogP contribution in [0.3, 0.4) is 0 Å². The first-order valence-electron chi connectivity index (χ1n) is 5.92. The summed E-state index contributed by atoms with van der Waals surface area (Å²) in [4.78, 5) is 11.0. The molecule has 2 rings (SSSR count). The number of aromatic nitrogens is 2. The Morgan fingerprint density at radius 3 is 2.88 bits per heavy atom. The van der Waals surface area contributed by atoms with E-state index in [1.807, 2.05) is 6.07 Å². The lowest BCUT2D eigenvalue weighted by Crippen LogP contribution is -2.30. The summed E-state index contributed by atoms with van der Waals surface area (Å²) >= 11 is 0. The smallest absolute Gasteiger partial charge is 0.224 e. The first kappa shape index (κ1) is 11.1. The Bertz CT molecular complexity index is 322. The number of anilines is 2. The Hall–Kier alpha value is -1.36. The predicted octanol–water partition coefficient (Wildman–Crippen LogP) is 0.837. The molecule has 1 saturated heterocycles. The van der Waals surface area contributed by atoms with Gasteiger partial charge in [0, 0.05) is 32.4 Å². The molecular formula is C11H19N5. The molecule has 0 aromatic carbocycles. The van der Waals surface area contributed by atoms with E-state index in [4.69, 9.17) is 5.73 Å². The Morgan fingerprint density at radius 1 is 1.31 bits per heavy atom. The minimum atomic E-state index is 0.595. The van der Waals surface area contributed by atoms with Crippen molar-refractivity contribution >= 4 is 11.8 Å². The van der Waals surface area contributed by atoms with Crippen LogP contribution in [-0.2, 0) is 0 Å². The van der Waals surface area contributed by atoms with Crippen molar-refractivity contribution in [1.29, 1.82) is 0 Å². The Balaban J connectivity index is 2.02. The first-order chi connectivity index (χ1) is 7.90. The molecule has 0 spiro atoms. The monoisotopic (exact) mass is 221 g/mol. The van der Waals surface area contributed by atoms with Crippen LogP contribution in [0.5, 0.6) is 0 Å². The summed E-state index contributed by atoms with van der Waals surface area (Å²) in [6.45, 7) is 3.52. The summed E-state index contributed by atoms with van der Waals surface area (Å²) in [6.07, 6.45) is 5.65. The number of nitrogens with zero attached hydrogens (tertiary/aromatic N) is 3. The first-order valence-corrected chi connectivity index (χ1v) is 5.92. The lowest BCUT2D eigenvalue weighted by molar-refractivity contribution is 0.573. The molecule has 5 nitrogen and oxygen atoms in total. The zero-order valence-electron chi connectivity index (χ0n) is 9.52. The molecule has 0 amide bonds. The molecule has 1 aromatic rings. The van der Waals surface area contributed by atoms with E-state index < -0.39 is 0 Å². The topological polar surface area (TPSA) is 67.1 Å². The number of nitrogens with two attached hydrogens (primary N) is 1.